The van der Waals surface area contributed by atoms with E-state index in [0.717, 1.165) is 24.4 Å². The highest BCUT2D eigenvalue weighted by atomic mass is 16.5. The SMILES string of the molecule is COc1ccccc1CNC(=O)NCC(C)(C)N1CC(C)CC(C)C1. The molecule has 0 aliphatic carbocycles. The molecule has 1 aromatic rings. The van der Waals surface area contributed by atoms with Crippen molar-refractivity contribution in [1.82, 2.24) is 15.5 Å². The van der Waals surface area contributed by atoms with Gasteiger partial charge < -0.3 is 15.4 Å². The van der Waals surface area contributed by atoms with Crippen LogP contribution >= 0.6 is 0 Å². The number of hydrogen-bond donors (Lipinski definition) is 2. The molecule has 2 rings (SSSR count). The number of para-hydroxylation sites is 1. The van der Waals surface area contributed by atoms with Gasteiger partial charge >= 0.3 is 6.03 Å². The van der Waals surface area contributed by atoms with Gasteiger partial charge in [-0.2, -0.15) is 0 Å². The van der Waals surface area contributed by atoms with E-state index in [-0.39, 0.29) is 11.6 Å². The van der Waals surface area contributed by atoms with Crippen LogP contribution < -0.4 is 15.4 Å². The molecule has 5 heteroatoms. The van der Waals surface area contributed by atoms with Gasteiger partial charge in [-0.3, -0.25) is 4.90 Å². The molecule has 1 aliphatic rings. The predicted octanol–water partition coefficient (Wildman–Crippen LogP) is 3.25. The van der Waals surface area contributed by atoms with Crippen molar-refractivity contribution in [1.29, 1.82) is 0 Å². The average Bonchev–Trinajstić information content (AvgIpc) is 2.57. The summed E-state index contributed by atoms with van der Waals surface area (Å²) in [6.45, 7) is 12.3. The van der Waals surface area contributed by atoms with Crippen LogP contribution in [0.3, 0.4) is 0 Å². The minimum atomic E-state index is -0.142. The maximum absolute atomic E-state index is 12.2. The third-order valence-corrected chi connectivity index (χ3v) is 5.04. The largest absolute Gasteiger partial charge is 0.496 e. The number of urea groups is 1. The van der Waals surface area contributed by atoms with Crippen LogP contribution in [0.2, 0.25) is 0 Å². The molecule has 25 heavy (non-hydrogen) atoms. The van der Waals surface area contributed by atoms with Crippen molar-refractivity contribution in [2.24, 2.45) is 11.8 Å². The van der Waals surface area contributed by atoms with Gasteiger partial charge in [-0.15, -0.1) is 0 Å². The van der Waals surface area contributed by atoms with Crippen molar-refractivity contribution in [3.05, 3.63) is 29.8 Å². The molecule has 2 unspecified atom stereocenters. The molecule has 1 heterocycles. The van der Waals surface area contributed by atoms with Gasteiger partial charge in [-0.25, -0.2) is 4.79 Å². The molecular formula is C20H33N3O2. The molecule has 2 atom stereocenters. The smallest absolute Gasteiger partial charge is 0.315 e. The Kier molecular flexibility index (Phi) is 6.71. The molecule has 1 aromatic carbocycles. The second kappa shape index (κ2) is 8.56. The summed E-state index contributed by atoms with van der Waals surface area (Å²) < 4.78 is 5.31. The minimum Gasteiger partial charge on any atom is -0.496 e. The fourth-order valence-corrected chi connectivity index (χ4v) is 3.65. The van der Waals surface area contributed by atoms with Crippen molar-refractivity contribution in [2.45, 2.75) is 46.2 Å². The van der Waals surface area contributed by atoms with Gasteiger partial charge in [0.1, 0.15) is 5.75 Å². The summed E-state index contributed by atoms with van der Waals surface area (Å²) in [6, 6.07) is 7.58. The fraction of sp³-hybridized carbons (Fsp3) is 0.650. The lowest BCUT2D eigenvalue weighted by molar-refractivity contribution is 0.0472. The zero-order valence-electron chi connectivity index (χ0n) is 16.3. The van der Waals surface area contributed by atoms with Crippen molar-refractivity contribution in [3.8, 4) is 5.75 Å². The molecule has 0 saturated carbocycles. The Bertz CT molecular complexity index is 564. The normalized spacial score (nSPS) is 21.6. The van der Waals surface area contributed by atoms with E-state index in [2.05, 4.69) is 43.2 Å². The standard InChI is InChI=1S/C20H33N3O2/c1-15-10-16(2)13-23(12-15)20(3,4)14-22-19(24)21-11-17-8-6-7-9-18(17)25-5/h6-9,15-16H,10-14H2,1-5H3,(H2,21,22,24). The summed E-state index contributed by atoms with van der Waals surface area (Å²) in [4.78, 5) is 14.7. The van der Waals surface area contributed by atoms with Crippen LogP contribution in [0.5, 0.6) is 5.75 Å². The van der Waals surface area contributed by atoms with E-state index in [1.54, 1.807) is 7.11 Å². The van der Waals surface area contributed by atoms with E-state index in [1.165, 1.54) is 6.42 Å². The summed E-state index contributed by atoms with van der Waals surface area (Å²) in [7, 11) is 1.64. The molecule has 0 aromatic heterocycles. The zero-order valence-corrected chi connectivity index (χ0v) is 16.3. The van der Waals surface area contributed by atoms with Crippen molar-refractivity contribution in [3.63, 3.8) is 0 Å². The van der Waals surface area contributed by atoms with Crippen LogP contribution in [0.25, 0.3) is 0 Å². The van der Waals surface area contributed by atoms with Gasteiger partial charge in [0.15, 0.2) is 0 Å². The van der Waals surface area contributed by atoms with E-state index in [1.807, 2.05) is 24.3 Å². The Balaban J connectivity index is 1.82. The molecule has 1 saturated heterocycles. The summed E-state index contributed by atoms with van der Waals surface area (Å²) in [5.41, 5.74) is 0.920. The summed E-state index contributed by atoms with van der Waals surface area (Å²) >= 11 is 0. The van der Waals surface area contributed by atoms with Gasteiger partial charge in [0.05, 0.1) is 7.11 Å². The summed E-state index contributed by atoms with van der Waals surface area (Å²) in [5.74, 6) is 2.21. The average molecular weight is 348 g/mol. The monoisotopic (exact) mass is 347 g/mol. The second-order valence-electron chi connectivity index (χ2n) is 8.01. The summed E-state index contributed by atoms with van der Waals surface area (Å²) in [5, 5.41) is 5.94. The number of hydrogen-bond acceptors (Lipinski definition) is 3. The van der Waals surface area contributed by atoms with Crippen molar-refractivity contribution in [2.75, 3.05) is 26.7 Å². The Hall–Kier alpha value is -1.75. The second-order valence-corrected chi connectivity index (χ2v) is 8.01. The topological polar surface area (TPSA) is 53.6 Å². The molecule has 2 N–H and O–H groups in total. The lowest BCUT2D eigenvalue weighted by Gasteiger charge is -2.45. The number of carbonyl (C=O) groups excluding carboxylic acids is 1. The zero-order chi connectivity index (χ0) is 18.4. The van der Waals surface area contributed by atoms with Gasteiger partial charge in [0.2, 0.25) is 0 Å². The van der Waals surface area contributed by atoms with E-state index in [0.29, 0.717) is 24.9 Å². The van der Waals surface area contributed by atoms with Crippen LogP contribution in [-0.4, -0.2) is 43.2 Å². The number of methoxy groups -OCH3 is 1. The van der Waals surface area contributed by atoms with Crippen LogP contribution in [0.15, 0.2) is 24.3 Å². The van der Waals surface area contributed by atoms with Crippen LogP contribution in [0.4, 0.5) is 4.79 Å². The van der Waals surface area contributed by atoms with E-state index in [9.17, 15) is 4.79 Å². The van der Waals surface area contributed by atoms with Gasteiger partial charge in [0, 0.05) is 37.3 Å². The highest BCUT2D eigenvalue weighted by Gasteiger charge is 2.32. The number of piperidine rings is 1. The van der Waals surface area contributed by atoms with Gasteiger partial charge in [0.25, 0.3) is 0 Å². The number of nitrogens with zero attached hydrogens (tertiary/aromatic N) is 1. The molecule has 140 valence electrons. The van der Waals surface area contributed by atoms with Crippen LogP contribution in [0, 0.1) is 11.8 Å². The summed E-state index contributed by atoms with van der Waals surface area (Å²) in [6.07, 6.45) is 1.29. The molecule has 1 aliphatic heterocycles. The van der Waals surface area contributed by atoms with E-state index in [4.69, 9.17) is 4.74 Å². The van der Waals surface area contributed by atoms with E-state index < -0.39 is 0 Å². The highest BCUT2D eigenvalue weighted by molar-refractivity contribution is 5.74. The Morgan fingerprint density at radius 2 is 1.84 bits per heavy atom. The maximum atomic E-state index is 12.2. The van der Waals surface area contributed by atoms with E-state index >= 15 is 0 Å². The first-order valence-corrected chi connectivity index (χ1v) is 9.20. The Morgan fingerprint density at radius 3 is 2.48 bits per heavy atom. The molecule has 2 amide bonds. The minimum absolute atomic E-state index is 0.0509. The highest BCUT2D eigenvalue weighted by Crippen LogP contribution is 2.26. The first-order chi connectivity index (χ1) is 11.8. The molecule has 5 nitrogen and oxygen atoms in total. The fourth-order valence-electron chi connectivity index (χ4n) is 3.65. The van der Waals surface area contributed by atoms with Crippen LogP contribution in [-0.2, 0) is 6.54 Å². The van der Waals surface area contributed by atoms with Gasteiger partial charge in [-0.05, 0) is 38.2 Å². The number of ether oxygens (including phenoxy) is 1. The first kappa shape index (κ1) is 19.6. The molecule has 0 bridgehead atoms. The molecule has 0 spiro atoms. The van der Waals surface area contributed by atoms with Crippen molar-refractivity contribution < 1.29 is 9.53 Å². The Labute approximate surface area is 152 Å². The number of rotatable bonds is 6. The van der Waals surface area contributed by atoms with Gasteiger partial charge in [-0.1, -0.05) is 32.0 Å². The number of nitrogens with one attached hydrogen (secondary N) is 2. The lowest BCUT2D eigenvalue weighted by Crippen LogP contribution is -2.56. The maximum Gasteiger partial charge on any atom is 0.315 e. The lowest BCUT2D eigenvalue weighted by atomic mass is 9.88. The number of benzene rings is 1. The molecular weight excluding hydrogens is 314 g/mol. The Morgan fingerprint density at radius 1 is 1.20 bits per heavy atom. The predicted molar refractivity (Wildman–Crippen MR) is 102 cm³/mol. The third-order valence-electron chi connectivity index (χ3n) is 5.04. The number of carbonyl (C=O) groups is 1. The first-order valence-electron chi connectivity index (χ1n) is 9.20. The third kappa shape index (κ3) is 5.63. The number of likely N-dealkylation sites (tertiary alicyclic amines) is 1. The molecule has 0 radical (unpaired) electrons. The molecule has 1 fully saturated rings. The quantitative estimate of drug-likeness (QED) is 0.830. The van der Waals surface area contributed by atoms with Crippen molar-refractivity contribution >= 4 is 6.03 Å². The number of amides is 2. The van der Waals surface area contributed by atoms with Crippen LogP contribution in [0.1, 0.15) is 39.7 Å².